The Morgan fingerprint density at radius 3 is 2.47 bits per heavy atom. The molecule has 13 heteroatoms. The number of nitrogens with one attached hydrogen (secondary N) is 1. The number of aromatic nitrogens is 3. The molecule has 2 aliphatic rings. The molecular weight excluding hydrogens is 622 g/mol. The van der Waals surface area contributed by atoms with Gasteiger partial charge in [-0.05, 0) is 93.8 Å². The SMILES string of the molecule is COc1cc(C(CCCN2CCC(N3CCOCC3)CC2)c2n[nH]c(=S)n2-c2cc(Cl)c(Cl)cc2C(F)(F)F)ccc1C. The van der Waals surface area contributed by atoms with Crippen molar-refractivity contribution in [3.05, 3.63) is 67.7 Å². The van der Waals surface area contributed by atoms with E-state index in [9.17, 15) is 13.2 Å². The summed E-state index contributed by atoms with van der Waals surface area (Å²) in [5.41, 5.74) is 0.669. The summed E-state index contributed by atoms with van der Waals surface area (Å²) in [7, 11) is 1.60. The molecule has 0 spiro atoms. The van der Waals surface area contributed by atoms with Gasteiger partial charge < -0.3 is 14.4 Å². The van der Waals surface area contributed by atoms with E-state index in [1.54, 1.807) is 7.11 Å². The number of nitrogens with zero attached hydrogens (tertiary/aromatic N) is 4. The summed E-state index contributed by atoms with van der Waals surface area (Å²) in [6, 6.07) is 8.47. The van der Waals surface area contributed by atoms with Crippen molar-refractivity contribution in [1.29, 1.82) is 0 Å². The van der Waals surface area contributed by atoms with E-state index in [2.05, 4.69) is 20.0 Å². The zero-order valence-electron chi connectivity index (χ0n) is 24.2. The third kappa shape index (κ3) is 7.40. The molecule has 2 saturated heterocycles. The Morgan fingerprint density at radius 2 is 1.79 bits per heavy atom. The quantitative estimate of drug-likeness (QED) is 0.244. The maximum absolute atomic E-state index is 14.2. The van der Waals surface area contributed by atoms with Gasteiger partial charge in [-0.2, -0.15) is 18.3 Å². The van der Waals surface area contributed by atoms with Crippen LogP contribution in [0.15, 0.2) is 30.3 Å². The summed E-state index contributed by atoms with van der Waals surface area (Å²) in [5.74, 6) is 0.689. The molecular formula is C30H36Cl2F3N5O2S. The van der Waals surface area contributed by atoms with E-state index in [0.29, 0.717) is 24.0 Å². The minimum atomic E-state index is -4.69. The number of hydrogen-bond acceptors (Lipinski definition) is 6. The monoisotopic (exact) mass is 657 g/mol. The molecule has 2 aliphatic heterocycles. The third-order valence-electron chi connectivity index (χ3n) is 8.52. The van der Waals surface area contributed by atoms with Gasteiger partial charge in [-0.3, -0.25) is 14.6 Å². The van der Waals surface area contributed by atoms with Crippen LogP contribution in [0.3, 0.4) is 0 Å². The van der Waals surface area contributed by atoms with E-state index in [-0.39, 0.29) is 26.4 Å². The number of benzene rings is 2. The zero-order chi connectivity index (χ0) is 30.7. The van der Waals surface area contributed by atoms with Gasteiger partial charge in [-0.1, -0.05) is 35.3 Å². The Balaban J connectivity index is 1.42. The first-order valence-corrected chi connectivity index (χ1v) is 15.7. The van der Waals surface area contributed by atoms with Crippen molar-refractivity contribution in [3.8, 4) is 11.4 Å². The fraction of sp³-hybridized carbons (Fsp3) is 0.533. The summed E-state index contributed by atoms with van der Waals surface area (Å²) < 4.78 is 55.2. The number of morpholine rings is 1. The summed E-state index contributed by atoms with van der Waals surface area (Å²) in [6.45, 7) is 8.45. The highest BCUT2D eigenvalue weighted by atomic mass is 35.5. The normalized spacial score (nSPS) is 18.2. The molecule has 1 aromatic heterocycles. The lowest BCUT2D eigenvalue weighted by Gasteiger charge is -2.40. The van der Waals surface area contributed by atoms with Gasteiger partial charge >= 0.3 is 6.18 Å². The number of methoxy groups -OCH3 is 1. The van der Waals surface area contributed by atoms with Crippen molar-refractivity contribution in [3.63, 3.8) is 0 Å². The molecule has 1 unspecified atom stereocenters. The predicted molar refractivity (Wildman–Crippen MR) is 164 cm³/mol. The second-order valence-electron chi connectivity index (χ2n) is 11.1. The van der Waals surface area contributed by atoms with Crippen LogP contribution >= 0.6 is 35.4 Å². The molecule has 1 atom stereocenters. The van der Waals surface area contributed by atoms with Gasteiger partial charge in [0.05, 0.1) is 41.6 Å². The average molecular weight is 659 g/mol. The largest absolute Gasteiger partial charge is 0.496 e. The molecule has 43 heavy (non-hydrogen) atoms. The molecule has 0 aliphatic carbocycles. The van der Waals surface area contributed by atoms with Gasteiger partial charge in [0.15, 0.2) is 4.77 Å². The van der Waals surface area contributed by atoms with E-state index >= 15 is 0 Å². The van der Waals surface area contributed by atoms with Gasteiger partial charge in [-0.15, -0.1) is 0 Å². The summed E-state index contributed by atoms with van der Waals surface area (Å²) in [6.07, 6.45) is -0.999. The first-order chi connectivity index (χ1) is 20.6. The molecule has 234 valence electrons. The van der Waals surface area contributed by atoms with Crippen LogP contribution in [0.25, 0.3) is 5.69 Å². The number of halogens is 5. The average Bonchev–Trinajstić information content (AvgIpc) is 3.37. The van der Waals surface area contributed by atoms with Crippen LogP contribution in [0.4, 0.5) is 13.2 Å². The fourth-order valence-corrected chi connectivity index (χ4v) is 6.75. The third-order valence-corrected chi connectivity index (χ3v) is 9.51. The van der Waals surface area contributed by atoms with Crippen molar-refractivity contribution in [2.45, 2.75) is 50.7 Å². The van der Waals surface area contributed by atoms with Crippen LogP contribution in [-0.4, -0.2) is 83.7 Å². The number of likely N-dealkylation sites (tertiary alicyclic amines) is 1. The van der Waals surface area contributed by atoms with E-state index in [1.165, 1.54) is 10.6 Å². The Morgan fingerprint density at radius 1 is 1.09 bits per heavy atom. The van der Waals surface area contributed by atoms with E-state index in [4.69, 9.17) is 44.9 Å². The Kier molecular flexibility index (Phi) is 10.4. The number of piperidine rings is 1. The first-order valence-electron chi connectivity index (χ1n) is 14.5. The molecule has 7 nitrogen and oxygen atoms in total. The number of rotatable bonds is 9. The lowest BCUT2D eigenvalue weighted by atomic mass is 9.91. The second-order valence-corrected chi connectivity index (χ2v) is 12.3. The summed E-state index contributed by atoms with van der Waals surface area (Å²) >= 11 is 17.7. The highest BCUT2D eigenvalue weighted by Gasteiger charge is 2.36. The molecule has 3 aromatic rings. The molecule has 5 rings (SSSR count). The van der Waals surface area contributed by atoms with Crippen molar-refractivity contribution in [2.24, 2.45) is 0 Å². The standard InChI is InChI=1S/C30H36Cl2F3N5O2S/c1-19-5-6-20(16-27(19)41-2)22(4-3-9-38-10-7-21(8-11-38)39-12-14-42-15-13-39)28-36-37-29(43)40(28)26-18-25(32)24(31)17-23(26)30(33,34)35/h5-6,16-18,21-22H,3-4,7-15H2,1-2H3,(H,37,43). The van der Waals surface area contributed by atoms with Crippen molar-refractivity contribution in [1.82, 2.24) is 24.6 Å². The van der Waals surface area contributed by atoms with Crippen LogP contribution in [0.2, 0.25) is 10.0 Å². The van der Waals surface area contributed by atoms with Gasteiger partial charge in [0, 0.05) is 25.0 Å². The Bertz CT molecular complexity index is 1470. The lowest BCUT2D eigenvalue weighted by molar-refractivity contribution is -0.137. The van der Waals surface area contributed by atoms with Gasteiger partial charge in [0.1, 0.15) is 11.6 Å². The summed E-state index contributed by atoms with van der Waals surface area (Å²) in [5, 5.41) is 7.02. The van der Waals surface area contributed by atoms with Crippen LogP contribution in [0.1, 0.15) is 54.1 Å². The van der Waals surface area contributed by atoms with Crippen LogP contribution < -0.4 is 4.74 Å². The summed E-state index contributed by atoms with van der Waals surface area (Å²) in [4.78, 5) is 5.02. The van der Waals surface area contributed by atoms with Crippen LogP contribution in [0.5, 0.6) is 5.75 Å². The van der Waals surface area contributed by atoms with Crippen LogP contribution in [0, 0.1) is 11.7 Å². The van der Waals surface area contributed by atoms with Crippen molar-refractivity contribution in [2.75, 3.05) is 53.0 Å². The van der Waals surface area contributed by atoms with E-state index in [0.717, 1.165) is 82.4 Å². The van der Waals surface area contributed by atoms with Crippen LogP contribution in [-0.2, 0) is 10.9 Å². The number of ether oxygens (including phenoxy) is 2. The maximum Gasteiger partial charge on any atom is 0.418 e. The number of H-pyrrole nitrogens is 1. The highest BCUT2D eigenvalue weighted by molar-refractivity contribution is 7.71. The van der Waals surface area contributed by atoms with E-state index in [1.807, 2.05) is 25.1 Å². The molecule has 0 amide bonds. The minimum absolute atomic E-state index is 0.00671. The number of aryl methyl sites for hydroxylation is 1. The maximum atomic E-state index is 14.2. The Hall–Kier alpha value is -2.15. The molecule has 0 bridgehead atoms. The molecule has 1 N–H and O–H groups in total. The zero-order valence-corrected chi connectivity index (χ0v) is 26.6. The number of alkyl halides is 3. The van der Waals surface area contributed by atoms with Crippen molar-refractivity contribution < 1.29 is 22.6 Å². The molecule has 2 fully saturated rings. The highest BCUT2D eigenvalue weighted by Crippen LogP contribution is 2.41. The first kappa shape index (κ1) is 32.2. The topological polar surface area (TPSA) is 58.5 Å². The van der Waals surface area contributed by atoms with Gasteiger partial charge in [0.25, 0.3) is 0 Å². The predicted octanol–water partition coefficient (Wildman–Crippen LogP) is 7.28. The van der Waals surface area contributed by atoms with Gasteiger partial charge in [-0.25, -0.2) is 0 Å². The molecule has 0 radical (unpaired) electrons. The minimum Gasteiger partial charge on any atom is -0.496 e. The smallest absolute Gasteiger partial charge is 0.418 e. The Labute approximate surface area is 264 Å². The number of aromatic amines is 1. The lowest BCUT2D eigenvalue weighted by Crippen LogP contribution is -2.49. The van der Waals surface area contributed by atoms with E-state index < -0.39 is 11.7 Å². The number of hydrogen-bond donors (Lipinski definition) is 1. The van der Waals surface area contributed by atoms with Gasteiger partial charge in [0.2, 0.25) is 0 Å². The fourth-order valence-electron chi connectivity index (χ4n) is 6.19. The second kappa shape index (κ2) is 13.9. The molecule has 3 heterocycles. The molecule has 2 aromatic carbocycles. The molecule has 0 saturated carbocycles. The van der Waals surface area contributed by atoms with Crippen molar-refractivity contribution >= 4 is 35.4 Å².